The Morgan fingerprint density at radius 1 is 1.17 bits per heavy atom. The molecule has 0 aromatic rings. The van der Waals surface area contributed by atoms with Gasteiger partial charge in [0.25, 0.3) is 0 Å². The maximum absolute atomic E-state index is 12.3. The first-order valence-electron chi connectivity index (χ1n) is 8.88. The fourth-order valence-corrected chi connectivity index (χ4v) is 2.82. The van der Waals surface area contributed by atoms with Crippen molar-refractivity contribution in [2.45, 2.75) is 39.7 Å². The highest BCUT2D eigenvalue weighted by Gasteiger charge is 2.32. The molecule has 1 rings (SSSR count). The monoisotopic (exact) mass is 453 g/mol. The number of carbonyl (C=O) groups excluding carboxylic acids is 1. The van der Waals surface area contributed by atoms with E-state index in [1.165, 1.54) is 12.8 Å². The van der Waals surface area contributed by atoms with Gasteiger partial charge in [0.15, 0.2) is 5.96 Å². The summed E-state index contributed by atoms with van der Waals surface area (Å²) in [5, 5.41) is 3.30. The van der Waals surface area contributed by atoms with Crippen molar-refractivity contribution in [3.8, 4) is 0 Å². The predicted octanol–water partition coefficient (Wildman–Crippen LogP) is 1.71. The Bertz CT molecular complexity index is 392. The normalized spacial score (nSPS) is 15.7. The minimum Gasteiger partial charge on any atom is -0.357 e. The number of aliphatic imine (C=N–C) groups is 1. The SMILES string of the molecule is CCNC(=NCC(C1CC1)N(C)C)N(C)CC(=O)N(CC)CC.I. The average Bonchev–Trinajstić information content (AvgIpc) is 3.32. The third kappa shape index (κ3) is 7.55. The van der Waals surface area contributed by atoms with Crippen LogP contribution in [0.15, 0.2) is 4.99 Å². The molecule has 0 aliphatic heterocycles. The molecule has 24 heavy (non-hydrogen) atoms. The Hall–Kier alpha value is -0.570. The van der Waals surface area contributed by atoms with E-state index in [0.29, 0.717) is 12.6 Å². The maximum Gasteiger partial charge on any atom is 0.242 e. The number of hydrogen-bond acceptors (Lipinski definition) is 3. The van der Waals surface area contributed by atoms with Gasteiger partial charge in [0.05, 0.1) is 13.1 Å². The topological polar surface area (TPSA) is 51.2 Å². The molecule has 0 aromatic heterocycles. The zero-order chi connectivity index (χ0) is 17.4. The van der Waals surface area contributed by atoms with E-state index < -0.39 is 0 Å². The molecule has 1 atom stereocenters. The highest BCUT2D eigenvalue weighted by molar-refractivity contribution is 14.0. The number of nitrogens with one attached hydrogen (secondary N) is 1. The molecule has 0 heterocycles. The summed E-state index contributed by atoms with van der Waals surface area (Å²) in [4.78, 5) is 23.1. The molecule has 6 nitrogen and oxygen atoms in total. The standard InChI is InChI=1S/C17H35N5O.HI/c1-7-18-17(19-12-15(20(4)5)14-10-11-14)21(6)13-16(23)22(8-2)9-3;/h14-15H,7-13H2,1-6H3,(H,18,19);1H. The lowest BCUT2D eigenvalue weighted by atomic mass is 10.2. The van der Waals surface area contributed by atoms with Crippen LogP contribution in [0.5, 0.6) is 0 Å². The minimum atomic E-state index is 0. The minimum absolute atomic E-state index is 0. The molecular formula is C17H36IN5O. The average molecular weight is 453 g/mol. The largest absolute Gasteiger partial charge is 0.357 e. The maximum atomic E-state index is 12.3. The van der Waals surface area contributed by atoms with Crippen molar-refractivity contribution < 1.29 is 4.79 Å². The molecule has 7 heteroatoms. The van der Waals surface area contributed by atoms with Gasteiger partial charge in [-0.1, -0.05) is 0 Å². The van der Waals surface area contributed by atoms with E-state index in [9.17, 15) is 4.79 Å². The lowest BCUT2D eigenvalue weighted by Gasteiger charge is -2.27. The molecule has 0 spiro atoms. The first kappa shape index (κ1) is 23.4. The Morgan fingerprint density at radius 2 is 1.75 bits per heavy atom. The van der Waals surface area contributed by atoms with Gasteiger partial charge < -0.3 is 20.0 Å². The predicted molar refractivity (Wildman–Crippen MR) is 112 cm³/mol. The van der Waals surface area contributed by atoms with Crippen molar-refractivity contribution >= 4 is 35.8 Å². The van der Waals surface area contributed by atoms with Gasteiger partial charge in [0.1, 0.15) is 0 Å². The number of rotatable bonds is 9. The lowest BCUT2D eigenvalue weighted by molar-refractivity contribution is -0.131. The first-order chi connectivity index (χ1) is 10.9. The van der Waals surface area contributed by atoms with Crippen molar-refractivity contribution in [3.63, 3.8) is 0 Å². The zero-order valence-electron chi connectivity index (χ0n) is 16.2. The smallest absolute Gasteiger partial charge is 0.242 e. The van der Waals surface area contributed by atoms with Crippen LogP contribution in [0.3, 0.4) is 0 Å². The summed E-state index contributed by atoms with van der Waals surface area (Å²) in [6.45, 7) is 9.53. The summed E-state index contributed by atoms with van der Waals surface area (Å²) in [6, 6.07) is 0.496. The summed E-state index contributed by atoms with van der Waals surface area (Å²) in [5.41, 5.74) is 0. The van der Waals surface area contributed by atoms with Crippen LogP contribution in [0.2, 0.25) is 0 Å². The van der Waals surface area contributed by atoms with Crippen molar-refractivity contribution in [2.75, 3.05) is 53.9 Å². The van der Waals surface area contributed by atoms with Gasteiger partial charge in [0.2, 0.25) is 5.91 Å². The Balaban J connectivity index is 0.00000529. The van der Waals surface area contributed by atoms with Crippen LogP contribution < -0.4 is 5.32 Å². The Morgan fingerprint density at radius 3 is 2.17 bits per heavy atom. The van der Waals surface area contributed by atoms with Gasteiger partial charge in [-0.05, 0) is 53.6 Å². The quantitative estimate of drug-likeness (QED) is 0.328. The van der Waals surface area contributed by atoms with E-state index in [1.807, 2.05) is 30.7 Å². The van der Waals surface area contributed by atoms with Crippen LogP contribution in [0, 0.1) is 5.92 Å². The van der Waals surface area contributed by atoms with E-state index in [0.717, 1.165) is 38.1 Å². The molecule has 1 amide bonds. The van der Waals surface area contributed by atoms with Crippen molar-refractivity contribution in [1.29, 1.82) is 0 Å². The van der Waals surface area contributed by atoms with Crippen LogP contribution in [0.1, 0.15) is 33.6 Å². The van der Waals surface area contributed by atoms with Crippen molar-refractivity contribution in [3.05, 3.63) is 0 Å². The van der Waals surface area contributed by atoms with Crippen LogP contribution >= 0.6 is 24.0 Å². The number of carbonyl (C=O) groups is 1. The molecule has 1 aliphatic rings. The number of amides is 1. The zero-order valence-corrected chi connectivity index (χ0v) is 18.5. The van der Waals surface area contributed by atoms with E-state index in [-0.39, 0.29) is 29.9 Å². The molecule has 1 fully saturated rings. The van der Waals surface area contributed by atoms with E-state index in [4.69, 9.17) is 4.99 Å². The number of halogens is 1. The summed E-state index contributed by atoms with van der Waals surface area (Å²) in [7, 11) is 6.18. The van der Waals surface area contributed by atoms with E-state index in [2.05, 4.69) is 31.2 Å². The number of likely N-dealkylation sites (N-methyl/N-ethyl adjacent to an activating group) is 3. The summed E-state index contributed by atoms with van der Waals surface area (Å²) in [5.74, 6) is 1.74. The van der Waals surface area contributed by atoms with Gasteiger partial charge in [-0.25, -0.2) is 0 Å². The highest BCUT2D eigenvalue weighted by Crippen LogP contribution is 2.34. The van der Waals surface area contributed by atoms with Gasteiger partial charge in [-0.3, -0.25) is 9.79 Å². The van der Waals surface area contributed by atoms with Gasteiger partial charge >= 0.3 is 0 Å². The van der Waals surface area contributed by atoms with Crippen LogP contribution in [0.25, 0.3) is 0 Å². The lowest BCUT2D eigenvalue weighted by Crippen LogP contribution is -2.46. The third-order valence-electron chi connectivity index (χ3n) is 4.44. The van der Waals surface area contributed by atoms with Crippen molar-refractivity contribution in [1.82, 2.24) is 20.0 Å². The molecule has 0 radical (unpaired) electrons. The van der Waals surface area contributed by atoms with Crippen molar-refractivity contribution in [2.24, 2.45) is 10.9 Å². The van der Waals surface area contributed by atoms with Gasteiger partial charge in [-0.2, -0.15) is 0 Å². The number of nitrogens with zero attached hydrogens (tertiary/aromatic N) is 4. The second-order valence-electron chi connectivity index (χ2n) is 6.49. The molecule has 142 valence electrons. The molecule has 1 N–H and O–H groups in total. The molecular weight excluding hydrogens is 417 g/mol. The highest BCUT2D eigenvalue weighted by atomic mass is 127. The summed E-state index contributed by atoms with van der Waals surface area (Å²) in [6.07, 6.45) is 2.62. The van der Waals surface area contributed by atoms with Crippen LogP contribution in [0.4, 0.5) is 0 Å². The van der Waals surface area contributed by atoms with E-state index >= 15 is 0 Å². The van der Waals surface area contributed by atoms with Gasteiger partial charge in [0, 0.05) is 32.7 Å². The molecule has 0 saturated heterocycles. The fourth-order valence-electron chi connectivity index (χ4n) is 2.82. The first-order valence-corrected chi connectivity index (χ1v) is 8.88. The second kappa shape index (κ2) is 11.9. The third-order valence-corrected chi connectivity index (χ3v) is 4.44. The molecule has 1 saturated carbocycles. The summed E-state index contributed by atoms with van der Waals surface area (Å²) < 4.78 is 0. The van der Waals surface area contributed by atoms with Crippen LogP contribution in [-0.2, 0) is 4.79 Å². The fraction of sp³-hybridized carbons (Fsp3) is 0.882. The number of hydrogen-bond donors (Lipinski definition) is 1. The summed E-state index contributed by atoms with van der Waals surface area (Å²) >= 11 is 0. The Labute approximate surface area is 165 Å². The second-order valence-corrected chi connectivity index (χ2v) is 6.49. The molecule has 1 unspecified atom stereocenters. The molecule has 1 aliphatic carbocycles. The molecule has 0 bridgehead atoms. The van der Waals surface area contributed by atoms with E-state index in [1.54, 1.807) is 0 Å². The molecule has 0 aromatic carbocycles. The van der Waals surface area contributed by atoms with Gasteiger partial charge in [-0.15, -0.1) is 24.0 Å². The Kier molecular flexibility index (Phi) is 11.6. The number of guanidine groups is 1. The van der Waals surface area contributed by atoms with Crippen LogP contribution in [-0.4, -0.2) is 86.5 Å².